The van der Waals surface area contributed by atoms with Crippen LogP contribution in [0.5, 0.6) is 11.5 Å². The first-order valence-electron chi connectivity index (χ1n) is 20.2. The van der Waals surface area contributed by atoms with Gasteiger partial charge in [-0.2, -0.15) is 0 Å². The van der Waals surface area contributed by atoms with E-state index in [1.807, 2.05) is 169 Å². The number of hydrogen-bond donors (Lipinski definition) is 1. The summed E-state index contributed by atoms with van der Waals surface area (Å²) >= 11 is 0. The van der Waals surface area contributed by atoms with Crippen molar-refractivity contribution in [1.29, 1.82) is 0 Å². The molecule has 0 atom stereocenters. The van der Waals surface area contributed by atoms with Crippen LogP contribution in [0.15, 0.2) is 163 Å². The van der Waals surface area contributed by atoms with Crippen LogP contribution in [-0.4, -0.2) is 33.3 Å². The summed E-state index contributed by atoms with van der Waals surface area (Å²) in [6.07, 6.45) is 0. The minimum Gasteiger partial charge on any atom is -0.489 e. The van der Waals surface area contributed by atoms with E-state index in [4.69, 9.17) is 18.9 Å². The number of benzene rings is 7. The largest absolute Gasteiger partial charge is 0.489 e. The normalized spacial score (nSPS) is 13.0. The van der Waals surface area contributed by atoms with Crippen molar-refractivity contribution in [1.82, 2.24) is 14.5 Å². The van der Waals surface area contributed by atoms with E-state index in [-0.39, 0.29) is 18.4 Å². The number of nitrogens with zero attached hydrogens (tertiary/aromatic N) is 2. The van der Waals surface area contributed by atoms with Crippen LogP contribution in [0.4, 0.5) is 0 Å². The lowest BCUT2D eigenvalue weighted by atomic mass is 9.96. The van der Waals surface area contributed by atoms with Gasteiger partial charge in [0.15, 0.2) is 5.76 Å². The Hall–Kier alpha value is -7.78. The van der Waals surface area contributed by atoms with E-state index in [1.165, 1.54) is 11.9 Å². The molecule has 0 spiro atoms. The summed E-state index contributed by atoms with van der Waals surface area (Å²) < 4.78 is 28.2. The van der Waals surface area contributed by atoms with Crippen LogP contribution >= 0.6 is 0 Å². The van der Waals surface area contributed by atoms with Crippen LogP contribution < -0.4 is 9.47 Å². The van der Waals surface area contributed by atoms with Gasteiger partial charge in [-0.25, -0.2) is 0 Å². The third-order valence-corrected chi connectivity index (χ3v) is 11.3. The fourth-order valence-corrected chi connectivity index (χ4v) is 8.23. The Labute approximate surface area is 352 Å². The molecule has 0 radical (unpaired) electrons. The molecule has 1 aliphatic heterocycles. The Morgan fingerprint density at radius 2 is 1.02 bits per heavy atom. The molecule has 9 nitrogen and oxygen atoms in total. The smallest absolute Gasteiger partial charge is 0.262 e. The van der Waals surface area contributed by atoms with Gasteiger partial charge >= 0.3 is 0 Å². The number of nitrogens with one attached hydrogen (secondary N) is 1. The van der Waals surface area contributed by atoms with Gasteiger partial charge in [0.05, 0.1) is 33.2 Å². The monoisotopic (exact) mass is 803 g/mol. The van der Waals surface area contributed by atoms with Crippen molar-refractivity contribution in [2.45, 2.75) is 33.4 Å². The number of ether oxygens (including phenoxy) is 4. The Kier molecular flexibility index (Phi) is 9.69. The molecule has 1 aliphatic rings. The van der Waals surface area contributed by atoms with E-state index in [1.54, 1.807) is 0 Å². The second kappa shape index (κ2) is 15.8. The summed E-state index contributed by atoms with van der Waals surface area (Å²) in [5.41, 5.74) is 7.51. The zero-order valence-electron chi connectivity index (χ0n) is 33.7. The number of carbonyl (C=O) groups excluding carboxylic acids is 2. The van der Waals surface area contributed by atoms with Crippen molar-refractivity contribution >= 4 is 61.3 Å². The molecular formula is C52H41N3O6. The van der Waals surface area contributed by atoms with Gasteiger partial charge in [-0.1, -0.05) is 121 Å². The SMILES string of the molecule is C/C(OCc1ccccc1)=C(\OCc1ccccc1)n1c2cc(OCc3ccccc3)ccc2c2c3c(c4c5ccc(OCc6ccccc6)cc5[nH]c4c21)C(=O)N(C)C3=O. The van der Waals surface area contributed by atoms with Crippen LogP contribution in [0.25, 0.3) is 49.5 Å². The van der Waals surface area contributed by atoms with Crippen molar-refractivity contribution in [3.8, 4) is 11.5 Å². The quantitative estimate of drug-likeness (QED) is 0.0921. The lowest BCUT2D eigenvalue weighted by Crippen LogP contribution is -2.24. The van der Waals surface area contributed by atoms with E-state index in [0.717, 1.165) is 38.5 Å². The Bertz CT molecular complexity index is 3140. The molecule has 9 aromatic rings. The van der Waals surface area contributed by atoms with E-state index >= 15 is 0 Å². The highest BCUT2D eigenvalue weighted by Crippen LogP contribution is 2.47. The second-order valence-electron chi connectivity index (χ2n) is 15.2. The molecule has 2 amide bonds. The molecule has 61 heavy (non-hydrogen) atoms. The molecule has 10 rings (SSSR count). The van der Waals surface area contributed by atoms with Crippen molar-refractivity contribution in [2.75, 3.05) is 7.05 Å². The van der Waals surface area contributed by atoms with Crippen molar-refractivity contribution in [3.63, 3.8) is 0 Å². The minimum absolute atomic E-state index is 0.233. The van der Waals surface area contributed by atoms with Crippen LogP contribution in [-0.2, 0) is 35.9 Å². The topological polar surface area (TPSA) is 95.0 Å². The molecule has 0 bridgehead atoms. The molecule has 0 fully saturated rings. The van der Waals surface area contributed by atoms with Crippen LogP contribution in [0.2, 0.25) is 0 Å². The maximum Gasteiger partial charge on any atom is 0.262 e. The molecule has 3 heterocycles. The molecule has 7 aromatic carbocycles. The Morgan fingerprint density at radius 3 is 1.57 bits per heavy atom. The summed E-state index contributed by atoms with van der Waals surface area (Å²) in [7, 11) is 1.54. The molecule has 0 unspecified atom stereocenters. The number of allylic oxidation sites excluding steroid dienone is 1. The van der Waals surface area contributed by atoms with Crippen molar-refractivity contribution < 1.29 is 28.5 Å². The summed E-state index contributed by atoms with van der Waals surface area (Å²) in [6.45, 7) is 3.17. The van der Waals surface area contributed by atoms with E-state index in [2.05, 4.69) is 4.98 Å². The summed E-state index contributed by atoms with van der Waals surface area (Å²) in [5.74, 6) is 1.50. The van der Waals surface area contributed by atoms with Crippen LogP contribution in [0.1, 0.15) is 49.9 Å². The number of H-pyrrole nitrogens is 1. The maximum absolute atomic E-state index is 14.4. The number of fused-ring (bicyclic) bond motifs is 10. The number of aromatic nitrogens is 2. The number of rotatable bonds is 13. The lowest BCUT2D eigenvalue weighted by Gasteiger charge is -2.19. The van der Waals surface area contributed by atoms with Crippen molar-refractivity contribution in [3.05, 3.63) is 197 Å². The molecule has 300 valence electrons. The molecule has 9 heteroatoms. The van der Waals surface area contributed by atoms with Gasteiger partial charge in [-0.15, -0.1) is 0 Å². The van der Waals surface area contributed by atoms with Gasteiger partial charge in [-0.3, -0.25) is 19.1 Å². The average Bonchev–Trinajstić information content (AvgIpc) is 3.92. The number of aromatic amines is 1. The summed E-state index contributed by atoms with van der Waals surface area (Å²) in [6, 6.07) is 51.5. The van der Waals surface area contributed by atoms with E-state index in [0.29, 0.717) is 81.4 Å². The minimum atomic E-state index is -0.375. The number of amides is 2. The van der Waals surface area contributed by atoms with Gasteiger partial charge in [0.25, 0.3) is 11.8 Å². The molecule has 1 N–H and O–H groups in total. The third kappa shape index (κ3) is 6.89. The predicted molar refractivity (Wildman–Crippen MR) is 238 cm³/mol. The summed E-state index contributed by atoms with van der Waals surface area (Å²) in [5, 5.41) is 2.80. The first-order chi connectivity index (χ1) is 29.9. The van der Waals surface area contributed by atoms with Gasteiger partial charge in [0, 0.05) is 40.7 Å². The lowest BCUT2D eigenvalue weighted by molar-refractivity contribution is 0.0694. The standard InChI is InChI=1S/C52H41N3O6/c1-33(58-29-34-15-7-3-8-16-34)52(61-32-37-21-13-6-14-22-37)55-43-28-39(60-31-36-19-11-5-12-20-36)24-26-41(43)45-47-46(50(56)54(2)51(47)57)44-40-25-23-38(27-42(40)53-48(44)49(45)55)59-30-35-17-9-4-10-18-35/h3-28,53H,29-32H2,1-2H3/b52-33+. The first-order valence-corrected chi connectivity index (χ1v) is 20.2. The molecule has 0 saturated heterocycles. The molecule has 2 aromatic heterocycles. The summed E-state index contributed by atoms with van der Waals surface area (Å²) in [4.78, 5) is 33.6. The average molecular weight is 804 g/mol. The van der Waals surface area contributed by atoms with Crippen molar-refractivity contribution in [2.24, 2.45) is 0 Å². The van der Waals surface area contributed by atoms with Gasteiger partial charge < -0.3 is 23.9 Å². The highest BCUT2D eigenvalue weighted by molar-refractivity contribution is 6.39. The predicted octanol–water partition coefficient (Wildman–Crippen LogP) is 11.4. The number of carbonyl (C=O) groups is 2. The number of imide groups is 1. The fraction of sp³-hybridized carbons (Fsp3) is 0.115. The van der Waals surface area contributed by atoms with E-state index in [9.17, 15) is 9.59 Å². The zero-order valence-corrected chi connectivity index (χ0v) is 33.7. The highest BCUT2D eigenvalue weighted by atomic mass is 16.5. The number of hydrogen-bond acceptors (Lipinski definition) is 6. The Balaban J connectivity index is 1.24. The van der Waals surface area contributed by atoms with Gasteiger partial charge in [-0.05, 0) is 53.4 Å². The third-order valence-electron chi connectivity index (χ3n) is 11.3. The second-order valence-corrected chi connectivity index (χ2v) is 15.2. The zero-order chi connectivity index (χ0) is 41.5. The molecular weight excluding hydrogens is 763 g/mol. The van der Waals surface area contributed by atoms with E-state index < -0.39 is 0 Å². The Morgan fingerprint density at radius 1 is 0.541 bits per heavy atom. The maximum atomic E-state index is 14.4. The highest BCUT2D eigenvalue weighted by Gasteiger charge is 2.40. The van der Waals surface area contributed by atoms with Gasteiger partial charge in [0.1, 0.15) is 37.9 Å². The van der Waals surface area contributed by atoms with Gasteiger partial charge in [0.2, 0.25) is 5.88 Å². The van der Waals surface area contributed by atoms with Crippen LogP contribution in [0, 0.1) is 0 Å². The molecule has 0 saturated carbocycles. The van der Waals surface area contributed by atoms with Crippen LogP contribution in [0.3, 0.4) is 0 Å². The molecule has 0 aliphatic carbocycles. The fourth-order valence-electron chi connectivity index (χ4n) is 8.23. The first kappa shape index (κ1) is 37.5.